The van der Waals surface area contributed by atoms with E-state index in [-0.39, 0.29) is 0 Å². The van der Waals surface area contributed by atoms with Gasteiger partial charge in [0.25, 0.3) is 0 Å². The first-order valence-corrected chi connectivity index (χ1v) is 20.1. The zero-order valence-electron chi connectivity index (χ0n) is 31.5. The van der Waals surface area contributed by atoms with E-state index in [1.54, 1.807) is 0 Å². The highest BCUT2D eigenvalue weighted by atomic mass is 15.0. The number of aromatic nitrogens is 2. The van der Waals surface area contributed by atoms with Gasteiger partial charge in [0.2, 0.25) is 0 Å². The van der Waals surface area contributed by atoms with Gasteiger partial charge in [-0.3, -0.25) is 0 Å². The fourth-order valence-electron chi connectivity index (χ4n) is 10.2. The Bertz CT molecular complexity index is 3650. The largest absolute Gasteiger partial charge is 0.309 e. The maximum Gasteiger partial charge on any atom is 0.0619 e. The number of nitrogens with zero attached hydrogens (tertiary/aromatic N) is 2. The number of rotatable bonds is 4. The minimum absolute atomic E-state index is 1.16. The van der Waals surface area contributed by atoms with E-state index >= 15 is 0 Å². The number of para-hydroxylation sites is 3. The lowest BCUT2D eigenvalue weighted by atomic mass is 9.93. The van der Waals surface area contributed by atoms with E-state index < -0.39 is 0 Å². The number of hydrogen-bond donors (Lipinski definition) is 0. The second-order valence-corrected chi connectivity index (χ2v) is 15.6. The average molecular weight is 735 g/mol. The van der Waals surface area contributed by atoms with Gasteiger partial charge in [0.05, 0.1) is 27.8 Å². The molecule has 10 aromatic carbocycles. The van der Waals surface area contributed by atoms with Crippen molar-refractivity contribution in [1.82, 2.24) is 9.13 Å². The first kappa shape index (κ1) is 31.5. The molecule has 0 saturated carbocycles. The van der Waals surface area contributed by atoms with Gasteiger partial charge in [-0.2, -0.15) is 0 Å². The van der Waals surface area contributed by atoms with Crippen molar-refractivity contribution in [2.75, 3.05) is 0 Å². The topological polar surface area (TPSA) is 9.86 Å². The SMILES string of the molecule is c1ccc(-n2c3cc(-c4ccc5c6ccccc6n(-c6ccccc6-c6ccc7c8c(cccc68)-c6ccccc6-7)c5c4)ccc3c3ccc4ccccc4c32)cc1. The molecule has 268 valence electrons. The lowest BCUT2D eigenvalue weighted by Gasteiger charge is -2.17. The van der Waals surface area contributed by atoms with Crippen molar-refractivity contribution < 1.29 is 0 Å². The Labute approximate surface area is 335 Å². The molecule has 0 unspecified atom stereocenters. The molecule has 2 nitrogen and oxygen atoms in total. The Hall–Kier alpha value is -7.68. The molecule has 2 aromatic heterocycles. The number of benzene rings is 10. The van der Waals surface area contributed by atoms with Crippen LogP contribution in [0.25, 0.3) is 121 Å². The fourth-order valence-corrected chi connectivity index (χ4v) is 10.2. The van der Waals surface area contributed by atoms with Crippen molar-refractivity contribution in [3.8, 4) is 55.9 Å². The molecule has 0 spiro atoms. The van der Waals surface area contributed by atoms with Crippen molar-refractivity contribution in [2.45, 2.75) is 0 Å². The third kappa shape index (κ3) is 4.32. The van der Waals surface area contributed by atoms with Crippen LogP contribution in [0, 0.1) is 0 Å². The second kappa shape index (κ2) is 11.9. The third-order valence-corrected chi connectivity index (χ3v) is 12.7. The summed E-state index contributed by atoms with van der Waals surface area (Å²) in [6.07, 6.45) is 0. The molecule has 0 fully saturated rings. The third-order valence-electron chi connectivity index (χ3n) is 12.7. The predicted molar refractivity (Wildman–Crippen MR) is 245 cm³/mol. The molecule has 0 radical (unpaired) electrons. The summed E-state index contributed by atoms with van der Waals surface area (Å²) in [7, 11) is 0. The van der Waals surface area contributed by atoms with Crippen molar-refractivity contribution >= 4 is 65.2 Å². The van der Waals surface area contributed by atoms with Gasteiger partial charge >= 0.3 is 0 Å². The standard InChI is InChI=1S/C56H34N2/c1-2-14-38(15-3-1)57-53-33-36(27-29-46(53)50-30-25-35-13-4-5-16-39(35)56(50)57)37-26-28-45-44-20-9-11-24-52(44)58(54(45)34-37)51-23-10-8-19-43(51)42-31-32-49-41-18-7-6-17-40(41)47-21-12-22-48(42)55(47)49/h1-34H. The minimum atomic E-state index is 1.16. The summed E-state index contributed by atoms with van der Waals surface area (Å²) in [6.45, 7) is 0. The van der Waals surface area contributed by atoms with E-state index in [0.29, 0.717) is 0 Å². The van der Waals surface area contributed by atoms with Crippen molar-refractivity contribution in [3.05, 3.63) is 206 Å². The quantitative estimate of drug-likeness (QED) is 0.170. The Morgan fingerprint density at radius 2 is 0.828 bits per heavy atom. The summed E-state index contributed by atoms with van der Waals surface area (Å²) in [6, 6.07) is 76.3. The molecule has 1 aliphatic rings. The molecule has 2 heteroatoms. The van der Waals surface area contributed by atoms with E-state index in [4.69, 9.17) is 0 Å². The number of fused-ring (bicyclic) bond motifs is 11. The molecule has 1 aliphatic carbocycles. The maximum absolute atomic E-state index is 2.49. The molecule has 0 atom stereocenters. The van der Waals surface area contributed by atoms with Crippen LogP contribution in [0.5, 0.6) is 0 Å². The summed E-state index contributed by atoms with van der Waals surface area (Å²) < 4.78 is 4.95. The van der Waals surface area contributed by atoms with E-state index in [1.807, 2.05) is 0 Å². The van der Waals surface area contributed by atoms with Crippen LogP contribution in [0.2, 0.25) is 0 Å². The molecule has 12 aromatic rings. The average Bonchev–Trinajstić information content (AvgIpc) is 3.93. The lowest BCUT2D eigenvalue weighted by molar-refractivity contribution is 1.18. The van der Waals surface area contributed by atoms with Gasteiger partial charge in [-0.1, -0.05) is 170 Å². The highest BCUT2D eigenvalue weighted by molar-refractivity contribution is 6.21. The van der Waals surface area contributed by atoms with Crippen LogP contribution in [-0.2, 0) is 0 Å². The molecule has 0 aliphatic heterocycles. The van der Waals surface area contributed by atoms with E-state index in [0.717, 1.165) is 5.69 Å². The smallest absolute Gasteiger partial charge is 0.0619 e. The first-order valence-electron chi connectivity index (χ1n) is 20.1. The molecule has 0 bridgehead atoms. The molecule has 2 heterocycles. The molecule has 0 saturated heterocycles. The Morgan fingerprint density at radius 1 is 0.276 bits per heavy atom. The van der Waals surface area contributed by atoms with Crippen LogP contribution in [0.3, 0.4) is 0 Å². The molecule has 13 rings (SSSR count). The Kier molecular flexibility index (Phi) is 6.47. The Balaban J connectivity index is 1.05. The van der Waals surface area contributed by atoms with Gasteiger partial charge in [-0.25, -0.2) is 0 Å². The van der Waals surface area contributed by atoms with Crippen LogP contribution >= 0.6 is 0 Å². The highest BCUT2D eigenvalue weighted by Gasteiger charge is 2.24. The monoisotopic (exact) mass is 734 g/mol. The van der Waals surface area contributed by atoms with Gasteiger partial charge in [0, 0.05) is 38.2 Å². The van der Waals surface area contributed by atoms with Gasteiger partial charge in [0.15, 0.2) is 0 Å². The molecule has 0 N–H and O–H groups in total. The lowest BCUT2D eigenvalue weighted by Crippen LogP contribution is -1.98. The van der Waals surface area contributed by atoms with E-state index in [2.05, 4.69) is 215 Å². The van der Waals surface area contributed by atoms with Crippen LogP contribution in [-0.4, -0.2) is 9.13 Å². The van der Waals surface area contributed by atoms with Crippen LogP contribution in [0.1, 0.15) is 0 Å². The van der Waals surface area contributed by atoms with Gasteiger partial charge in [-0.15, -0.1) is 0 Å². The summed E-state index contributed by atoms with van der Waals surface area (Å²) in [5.41, 5.74) is 17.3. The zero-order valence-corrected chi connectivity index (χ0v) is 31.5. The summed E-state index contributed by atoms with van der Waals surface area (Å²) in [5, 5.41) is 10.2. The maximum atomic E-state index is 2.49. The van der Waals surface area contributed by atoms with Crippen molar-refractivity contribution in [3.63, 3.8) is 0 Å². The highest BCUT2D eigenvalue weighted by Crippen LogP contribution is 2.50. The summed E-state index contributed by atoms with van der Waals surface area (Å²) in [4.78, 5) is 0. The van der Waals surface area contributed by atoms with E-state index in [9.17, 15) is 0 Å². The van der Waals surface area contributed by atoms with Crippen LogP contribution < -0.4 is 0 Å². The minimum Gasteiger partial charge on any atom is -0.309 e. The summed E-state index contributed by atoms with van der Waals surface area (Å²) in [5.74, 6) is 0. The molecular weight excluding hydrogens is 701 g/mol. The van der Waals surface area contributed by atoms with Gasteiger partial charge < -0.3 is 9.13 Å². The molecule has 58 heavy (non-hydrogen) atoms. The fraction of sp³-hybridized carbons (Fsp3) is 0. The summed E-state index contributed by atoms with van der Waals surface area (Å²) >= 11 is 0. The first-order chi connectivity index (χ1) is 28.8. The molecular formula is C56H34N2. The van der Waals surface area contributed by atoms with Gasteiger partial charge in [-0.05, 0) is 91.5 Å². The molecule has 0 amide bonds. The predicted octanol–water partition coefficient (Wildman–Crippen LogP) is 15.2. The van der Waals surface area contributed by atoms with Crippen molar-refractivity contribution in [2.24, 2.45) is 0 Å². The van der Waals surface area contributed by atoms with Crippen LogP contribution in [0.15, 0.2) is 206 Å². The van der Waals surface area contributed by atoms with Crippen LogP contribution in [0.4, 0.5) is 0 Å². The zero-order chi connectivity index (χ0) is 37.9. The van der Waals surface area contributed by atoms with Crippen molar-refractivity contribution in [1.29, 1.82) is 0 Å². The van der Waals surface area contributed by atoms with Gasteiger partial charge in [0.1, 0.15) is 0 Å². The Morgan fingerprint density at radius 3 is 1.64 bits per heavy atom. The normalized spacial score (nSPS) is 12.1. The second-order valence-electron chi connectivity index (χ2n) is 15.6. The van der Waals surface area contributed by atoms with E-state index in [1.165, 1.54) is 115 Å². The number of hydrogen-bond acceptors (Lipinski definition) is 0.